The minimum absolute atomic E-state index is 0.182. The number of nitrogens with one attached hydrogen (secondary N) is 1. The minimum atomic E-state index is -0.592. The highest BCUT2D eigenvalue weighted by atomic mass is 19.1. The molecule has 2 heterocycles. The lowest BCUT2D eigenvalue weighted by molar-refractivity contribution is 0.110. The Balaban J connectivity index is 1.41. The molecule has 1 fully saturated rings. The van der Waals surface area contributed by atoms with Gasteiger partial charge in [0.1, 0.15) is 11.6 Å². The largest absolute Gasteiger partial charge is 0.497 e. The van der Waals surface area contributed by atoms with Gasteiger partial charge in [-0.1, -0.05) is 12.1 Å². The second kappa shape index (κ2) is 7.58. The Hall–Kier alpha value is -2.57. The van der Waals surface area contributed by atoms with Crippen LogP contribution in [-0.2, 0) is 0 Å². The SMILES string of the molecule is COc1ccc2[nH]cc([C@H](O)CN3CCN(c4ccccc4F)CC3)c2c1. The predicted octanol–water partition coefficient (Wildman–Crippen LogP) is 3.17. The van der Waals surface area contributed by atoms with E-state index in [1.807, 2.05) is 36.5 Å². The summed E-state index contributed by atoms with van der Waals surface area (Å²) in [5.74, 6) is 0.591. The molecule has 1 aliphatic rings. The number of methoxy groups -OCH3 is 1. The molecule has 5 nitrogen and oxygen atoms in total. The molecule has 3 aromatic rings. The van der Waals surface area contributed by atoms with E-state index in [0.29, 0.717) is 12.2 Å². The Labute approximate surface area is 158 Å². The van der Waals surface area contributed by atoms with E-state index in [4.69, 9.17) is 4.74 Å². The first-order valence-electron chi connectivity index (χ1n) is 9.20. The number of benzene rings is 2. The van der Waals surface area contributed by atoms with E-state index in [-0.39, 0.29) is 5.82 Å². The third kappa shape index (κ3) is 3.63. The van der Waals surface area contributed by atoms with Gasteiger partial charge < -0.3 is 19.7 Å². The summed E-state index contributed by atoms with van der Waals surface area (Å²) in [4.78, 5) is 7.50. The maximum atomic E-state index is 14.0. The summed E-state index contributed by atoms with van der Waals surface area (Å²) in [6.45, 7) is 3.62. The summed E-state index contributed by atoms with van der Waals surface area (Å²) in [6, 6.07) is 12.7. The van der Waals surface area contributed by atoms with Gasteiger partial charge in [0.15, 0.2) is 0 Å². The van der Waals surface area contributed by atoms with Gasteiger partial charge in [0.2, 0.25) is 0 Å². The molecule has 142 valence electrons. The number of aromatic amines is 1. The van der Waals surface area contributed by atoms with Crippen LogP contribution in [0.3, 0.4) is 0 Å². The van der Waals surface area contributed by atoms with Crippen molar-refractivity contribution < 1.29 is 14.2 Å². The number of fused-ring (bicyclic) bond motifs is 1. The third-order valence-electron chi connectivity index (χ3n) is 5.28. The van der Waals surface area contributed by atoms with Gasteiger partial charge in [-0.05, 0) is 30.3 Å². The molecule has 0 bridgehead atoms. The van der Waals surface area contributed by atoms with E-state index in [1.165, 1.54) is 6.07 Å². The fourth-order valence-corrected chi connectivity index (χ4v) is 3.75. The van der Waals surface area contributed by atoms with Gasteiger partial charge in [-0.2, -0.15) is 0 Å². The Morgan fingerprint density at radius 3 is 2.67 bits per heavy atom. The zero-order valence-corrected chi connectivity index (χ0v) is 15.4. The minimum Gasteiger partial charge on any atom is -0.497 e. The number of rotatable bonds is 5. The topological polar surface area (TPSA) is 51.7 Å². The molecule has 0 amide bonds. The van der Waals surface area contributed by atoms with Crippen LogP contribution < -0.4 is 9.64 Å². The van der Waals surface area contributed by atoms with Gasteiger partial charge >= 0.3 is 0 Å². The molecule has 0 unspecified atom stereocenters. The van der Waals surface area contributed by atoms with Gasteiger partial charge in [0, 0.05) is 55.4 Å². The number of H-pyrrole nitrogens is 1. The molecule has 0 aliphatic carbocycles. The van der Waals surface area contributed by atoms with E-state index in [2.05, 4.69) is 14.8 Å². The van der Waals surface area contributed by atoms with Crippen molar-refractivity contribution in [2.24, 2.45) is 0 Å². The summed E-state index contributed by atoms with van der Waals surface area (Å²) in [7, 11) is 1.64. The Kier molecular flexibility index (Phi) is 5.01. The first-order valence-corrected chi connectivity index (χ1v) is 9.20. The van der Waals surface area contributed by atoms with E-state index in [1.54, 1.807) is 13.2 Å². The van der Waals surface area contributed by atoms with Crippen molar-refractivity contribution in [3.63, 3.8) is 0 Å². The molecule has 2 aromatic carbocycles. The quantitative estimate of drug-likeness (QED) is 0.725. The summed E-state index contributed by atoms with van der Waals surface area (Å²) in [6.07, 6.45) is 1.27. The molecule has 27 heavy (non-hydrogen) atoms. The number of hydrogen-bond donors (Lipinski definition) is 2. The fraction of sp³-hybridized carbons (Fsp3) is 0.333. The molecule has 1 aliphatic heterocycles. The van der Waals surface area contributed by atoms with Crippen LogP contribution >= 0.6 is 0 Å². The lowest BCUT2D eigenvalue weighted by Crippen LogP contribution is -2.47. The first kappa shape index (κ1) is 17.8. The average Bonchev–Trinajstić information content (AvgIpc) is 3.12. The van der Waals surface area contributed by atoms with Crippen LogP contribution in [0, 0.1) is 5.82 Å². The molecule has 1 atom stereocenters. The number of hydrogen-bond acceptors (Lipinski definition) is 4. The molecule has 1 saturated heterocycles. The van der Waals surface area contributed by atoms with Crippen molar-refractivity contribution in [1.82, 2.24) is 9.88 Å². The normalized spacial score (nSPS) is 16.6. The Morgan fingerprint density at radius 1 is 1.15 bits per heavy atom. The van der Waals surface area contributed by atoms with Gasteiger partial charge in [-0.25, -0.2) is 4.39 Å². The van der Waals surface area contributed by atoms with Crippen molar-refractivity contribution in [2.75, 3.05) is 44.7 Å². The van der Waals surface area contributed by atoms with Crippen molar-refractivity contribution in [3.05, 3.63) is 60.0 Å². The van der Waals surface area contributed by atoms with E-state index in [0.717, 1.165) is 48.4 Å². The third-order valence-corrected chi connectivity index (χ3v) is 5.28. The molecular weight excluding hydrogens is 345 g/mol. The van der Waals surface area contributed by atoms with Crippen molar-refractivity contribution in [3.8, 4) is 5.75 Å². The maximum Gasteiger partial charge on any atom is 0.146 e. The second-order valence-corrected chi connectivity index (χ2v) is 6.91. The molecule has 1 aromatic heterocycles. The Bertz CT molecular complexity index is 919. The number of anilines is 1. The number of para-hydroxylation sites is 1. The van der Waals surface area contributed by atoms with Crippen LogP contribution in [0.1, 0.15) is 11.7 Å². The number of piperazine rings is 1. The molecule has 0 radical (unpaired) electrons. The smallest absolute Gasteiger partial charge is 0.146 e. The van der Waals surface area contributed by atoms with E-state index in [9.17, 15) is 9.50 Å². The molecular formula is C21H24FN3O2. The monoisotopic (exact) mass is 369 g/mol. The number of nitrogens with zero attached hydrogens (tertiary/aromatic N) is 2. The molecule has 4 rings (SSSR count). The van der Waals surface area contributed by atoms with E-state index < -0.39 is 6.10 Å². The highest BCUT2D eigenvalue weighted by molar-refractivity contribution is 5.85. The van der Waals surface area contributed by atoms with Crippen LogP contribution in [0.25, 0.3) is 10.9 Å². The number of ether oxygens (including phenoxy) is 1. The standard InChI is InChI=1S/C21H24FN3O2/c1-27-15-6-7-19-16(12-15)17(13-23-19)21(26)14-24-8-10-25(11-9-24)20-5-3-2-4-18(20)22/h2-7,12-13,21,23,26H,8-11,14H2,1H3/t21-/m1/s1. The van der Waals surface area contributed by atoms with Crippen LogP contribution in [0.15, 0.2) is 48.7 Å². The molecule has 6 heteroatoms. The van der Waals surface area contributed by atoms with Crippen LogP contribution in [-0.4, -0.2) is 54.8 Å². The number of β-amino-alcohol motifs (C(OH)–C–C–N with tert-alkyl or cyclic N) is 1. The maximum absolute atomic E-state index is 14.0. The first-order chi connectivity index (χ1) is 13.2. The zero-order valence-electron chi connectivity index (χ0n) is 15.4. The number of aromatic nitrogens is 1. The van der Waals surface area contributed by atoms with Crippen LogP contribution in [0.2, 0.25) is 0 Å². The van der Waals surface area contributed by atoms with Crippen LogP contribution in [0.5, 0.6) is 5.75 Å². The summed E-state index contributed by atoms with van der Waals surface area (Å²) in [5, 5.41) is 11.8. The second-order valence-electron chi connectivity index (χ2n) is 6.91. The van der Waals surface area contributed by atoms with Gasteiger partial charge in [-0.3, -0.25) is 4.90 Å². The van der Waals surface area contributed by atoms with Gasteiger partial charge in [-0.15, -0.1) is 0 Å². The molecule has 0 saturated carbocycles. The fourth-order valence-electron chi connectivity index (χ4n) is 3.75. The number of halogens is 1. The van der Waals surface area contributed by atoms with Crippen molar-refractivity contribution in [1.29, 1.82) is 0 Å². The van der Waals surface area contributed by atoms with Crippen molar-refractivity contribution in [2.45, 2.75) is 6.10 Å². The summed E-state index contributed by atoms with van der Waals surface area (Å²) < 4.78 is 19.3. The number of aliphatic hydroxyl groups is 1. The predicted molar refractivity (Wildman–Crippen MR) is 105 cm³/mol. The zero-order chi connectivity index (χ0) is 18.8. The van der Waals surface area contributed by atoms with Gasteiger partial charge in [0.25, 0.3) is 0 Å². The lowest BCUT2D eigenvalue weighted by Gasteiger charge is -2.37. The highest BCUT2D eigenvalue weighted by Gasteiger charge is 2.22. The Morgan fingerprint density at radius 2 is 1.93 bits per heavy atom. The average molecular weight is 369 g/mol. The molecule has 2 N–H and O–H groups in total. The van der Waals surface area contributed by atoms with E-state index >= 15 is 0 Å². The van der Waals surface area contributed by atoms with Gasteiger partial charge in [0.05, 0.1) is 18.9 Å². The van der Waals surface area contributed by atoms with Crippen LogP contribution in [0.4, 0.5) is 10.1 Å². The summed E-state index contributed by atoms with van der Waals surface area (Å²) in [5.41, 5.74) is 2.51. The lowest BCUT2D eigenvalue weighted by atomic mass is 10.1. The highest BCUT2D eigenvalue weighted by Crippen LogP contribution is 2.28. The van der Waals surface area contributed by atoms with Crippen molar-refractivity contribution >= 4 is 16.6 Å². The summed E-state index contributed by atoms with van der Waals surface area (Å²) >= 11 is 0. The molecule has 0 spiro atoms. The number of aliphatic hydroxyl groups excluding tert-OH is 1.